The third-order valence-corrected chi connectivity index (χ3v) is 3.04. The molecule has 0 N–H and O–H groups in total. The molecule has 6 nitrogen and oxygen atoms in total. The number of pyridine rings is 1. The molecule has 0 radical (unpaired) electrons. The first kappa shape index (κ1) is 13.3. The van der Waals surface area contributed by atoms with E-state index in [-0.39, 0.29) is 11.9 Å². The molecule has 0 atom stereocenters. The second-order valence-electron chi connectivity index (χ2n) is 4.36. The Balaban J connectivity index is 2.06. The van der Waals surface area contributed by atoms with Crippen LogP contribution in [-0.4, -0.2) is 55.0 Å². The summed E-state index contributed by atoms with van der Waals surface area (Å²) in [4.78, 5) is 30.9. The Labute approximate surface area is 112 Å². The second-order valence-corrected chi connectivity index (χ2v) is 4.36. The molecule has 0 aliphatic carbocycles. The van der Waals surface area contributed by atoms with Crippen LogP contribution in [0.5, 0.6) is 0 Å². The summed E-state index contributed by atoms with van der Waals surface area (Å²) in [6.07, 6.45) is 1.48. The zero-order chi connectivity index (χ0) is 13.8. The van der Waals surface area contributed by atoms with Crippen LogP contribution in [0.15, 0.2) is 18.3 Å². The van der Waals surface area contributed by atoms with Gasteiger partial charge in [0.05, 0.1) is 18.7 Å². The van der Waals surface area contributed by atoms with Gasteiger partial charge >= 0.3 is 5.97 Å². The standard InChI is InChI=1S/C13H17N3O3/c1-3-19-13(18)10-4-5-11(14-8-10)16-7-6-15(2)12(17)9-16/h4-5,8H,3,6-7,9H2,1-2H3. The minimum Gasteiger partial charge on any atom is -0.462 e. The Morgan fingerprint density at radius 1 is 1.42 bits per heavy atom. The van der Waals surface area contributed by atoms with Gasteiger partial charge in [0.2, 0.25) is 5.91 Å². The van der Waals surface area contributed by atoms with Crippen molar-refractivity contribution >= 4 is 17.7 Å². The molecule has 1 fully saturated rings. The molecule has 0 aromatic carbocycles. The highest BCUT2D eigenvalue weighted by Gasteiger charge is 2.22. The van der Waals surface area contributed by atoms with Crippen LogP contribution in [0.25, 0.3) is 0 Å². The Bertz CT molecular complexity index is 473. The lowest BCUT2D eigenvalue weighted by Gasteiger charge is -2.32. The van der Waals surface area contributed by atoms with E-state index in [1.165, 1.54) is 6.20 Å². The first-order valence-corrected chi connectivity index (χ1v) is 6.24. The van der Waals surface area contributed by atoms with Gasteiger partial charge in [0.15, 0.2) is 0 Å². The van der Waals surface area contributed by atoms with E-state index in [0.717, 1.165) is 6.54 Å². The number of carbonyl (C=O) groups is 2. The first-order valence-electron chi connectivity index (χ1n) is 6.24. The molecule has 0 bridgehead atoms. The summed E-state index contributed by atoms with van der Waals surface area (Å²) in [6, 6.07) is 3.41. The molecule has 2 rings (SSSR count). The zero-order valence-corrected chi connectivity index (χ0v) is 11.1. The SMILES string of the molecule is CCOC(=O)c1ccc(N2CCN(C)C(=O)C2)nc1. The largest absolute Gasteiger partial charge is 0.462 e. The molecule has 102 valence electrons. The van der Waals surface area contributed by atoms with Crippen molar-refractivity contribution in [2.24, 2.45) is 0 Å². The number of nitrogens with zero attached hydrogens (tertiary/aromatic N) is 3. The smallest absolute Gasteiger partial charge is 0.339 e. The molecule has 1 aliphatic rings. The highest BCUT2D eigenvalue weighted by atomic mass is 16.5. The number of ether oxygens (including phenoxy) is 1. The maximum absolute atomic E-state index is 11.6. The molecule has 2 heterocycles. The number of hydrogen-bond acceptors (Lipinski definition) is 5. The summed E-state index contributed by atoms with van der Waals surface area (Å²) in [6.45, 7) is 3.85. The van der Waals surface area contributed by atoms with Gasteiger partial charge in [-0.2, -0.15) is 0 Å². The van der Waals surface area contributed by atoms with Crippen molar-refractivity contribution in [3.63, 3.8) is 0 Å². The van der Waals surface area contributed by atoms with Gasteiger partial charge < -0.3 is 14.5 Å². The van der Waals surface area contributed by atoms with Crippen LogP contribution in [0.3, 0.4) is 0 Å². The topological polar surface area (TPSA) is 62.7 Å². The predicted molar refractivity (Wildman–Crippen MR) is 70.0 cm³/mol. The number of carbonyl (C=O) groups excluding carboxylic acids is 2. The Hall–Kier alpha value is -2.11. The summed E-state index contributed by atoms with van der Waals surface area (Å²) in [5.74, 6) is 0.396. The fraction of sp³-hybridized carbons (Fsp3) is 0.462. The van der Waals surface area contributed by atoms with Gasteiger partial charge in [0, 0.05) is 26.3 Å². The number of aromatic nitrogens is 1. The van der Waals surface area contributed by atoms with Crippen LogP contribution in [0.1, 0.15) is 17.3 Å². The van der Waals surface area contributed by atoms with Crippen LogP contribution in [0.2, 0.25) is 0 Å². The molecule has 1 aromatic rings. The minimum absolute atomic E-state index is 0.0718. The highest BCUT2D eigenvalue weighted by Crippen LogP contribution is 2.14. The first-order chi connectivity index (χ1) is 9.11. The van der Waals surface area contributed by atoms with Crippen LogP contribution in [0, 0.1) is 0 Å². The van der Waals surface area contributed by atoms with E-state index in [1.807, 2.05) is 4.90 Å². The molecular weight excluding hydrogens is 246 g/mol. The molecule has 0 saturated carbocycles. The summed E-state index contributed by atoms with van der Waals surface area (Å²) >= 11 is 0. The molecule has 1 saturated heterocycles. The van der Waals surface area contributed by atoms with Crippen molar-refractivity contribution in [2.45, 2.75) is 6.92 Å². The Kier molecular flexibility index (Phi) is 3.99. The maximum Gasteiger partial charge on any atom is 0.339 e. The van der Waals surface area contributed by atoms with E-state index in [1.54, 1.807) is 31.0 Å². The normalized spacial score (nSPS) is 15.6. The molecule has 0 spiro atoms. The molecular formula is C13H17N3O3. The molecule has 1 aliphatic heterocycles. The summed E-state index contributed by atoms with van der Waals surface area (Å²) in [7, 11) is 1.79. The van der Waals surface area contributed by atoms with Gasteiger partial charge in [-0.3, -0.25) is 4.79 Å². The summed E-state index contributed by atoms with van der Waals surface area (Å²) < 4.78 is 4.89. The van der Waals surface area contributed by atoms with Gasteiger partial charge in [-0.25, -0.2) is 9.78 Å². The van der Waals surface area contributed by atoms with Crippen molar-refractivity contribution in [3.05, 3.63) is 23.9 Å². The fourth-order valence-corrected chi connectivity index (χ4v) is 1.86. The molecule has 19 heavy (non-hydrogen) atoms. The van der Waals surface area contributed by atoms with E-state index in [9.17, 15) is 9.59 Å². The molecule has 6 heteroatoms. The third kappa shape index (κ3) is 3.01. The monoisotopic (exact) mass is 263 g/mol. The highest BCUT2D eigenvalue weighted by molar-refractivity contribution is 5.89. The number of piperazine rings is 1. The van der Waals surface area contributed by atoms with Crippen LogP contribution in [0.4, 0.5) is 5.82 Å². The third-order valence-electron chi connectivity index (χ3n) is 3.04. The van der Waals surface area contributed by atoms with Gasteiger partial charge in [0.1, 0.15) is 5.82 Å². The van der Waals surface area contributed by atoms with Crippen molar-refractivity contribution in [2.75, 3.05) is 38.2 Å². The fourth-order valence-electron chi connectivity index (χ4n) is 1.86. The van der Waals surface area contributed by atoms with Crippen molar-refractivity contribution in [1.29, 1.82) is 0 Å². The molecule has 1 amide bonds. The average molecular weight is 263 g/mol. The van der Waals surface area contributed by atoms with Gasteiger partial charge in [0.25, 0.3) is 0 Å². The predicted octanol–water partition coefficient (Wildman–Crippen LogP) is 0.537. The van der Waals surface area contributed by atoms with Crippen LogP contribution < -0.4 is 4.90 Å². The lowest BCUT2D eigenvalue weighted by molar-refractivity contribution is -0.129. The zero-order valence-electron chi connectivity index (χ0n) is 11.1. The number of anilines is 1. The number of esters is 1. The Morgan fingerprint density at radius 2 is 2.21 bits per heavy atom. The number of likely N-dealkylation sites (N-methyl/N-ethyl adjacent to an activating group) is 1. The van der Waals surface area contributed by atoms with E-state index in [2.05, 4.69) is 4.98 Å². The molecule has 0 unspecified atom stereocenters. The maximum atomic E-state index is 11.6. The molecule has 1 aromatic heterocycles. The number of rotatable bonds is 3. The van der Waals surface area contributed by atoms with E-state index in [4.69, 9.17) is 4.74 Å². The van der Waals surface area contributed by atoms with E-state index < -0.39 is 0 Å². The van der Waals surface area contributed by atoms with E-state index in [0.29, 0.717) is 31.1 Å². The van der Waals surface area contributed by atoms with Crippen LogP contribution >= 0.6 is 0 Å². The second kappa shape index (κ2) is 5.69. The number of amides is 1. The average Bonchev–Trinajstić information content (AvgIpc) is 2.42. The number of hydrogen-bond donors (Lipinski definition) is 0. The van der Waals surface area contributed by atoms with Crippen molar-refractivity contribution in [3.8, 4) is 0 Å². The van der Waals surface area contributed by atoms with Gasteiger partial charge in [-0.1, -0.05) is 0 Å². The lowest BCUT2D eigenvalue weighted by atomic mass is 10.2. The van der Waals surface area contributed by atoms with Crippen molar-refractivity contribution < 1.29 is 14.3 Å². The van der Waals surface area contributed by atoms with Gasteiger partial charge in [-0.05, 0) is 19.1 Å². The van der Waals surface area contributed by atoms with Crippen LogP contribution in [-0.2, 0) is 9.53 Å². The summed E-state index contributed by atoms with van der Waals surface area (Å²) in [5.41, 5.74) is 0.422. The van der Waals surface area contributed by atoms with Crippen molar-refractivity contribution in [1.82, 2.24) is 9.88 Å². The lowest BCUT2D eigenvalue weighted by Crippen LogP contribution is -2.48. The minimum atomic E-state index is -0.379. The van der Waals surface area contributed by atoms with Gasteiger partial charge in [-0.15, -0.1) is 0 Å². The van der Waals surface area contributed by atoms with E-state index >= 15 is 0 Å². The Morgan fingerprint density at radius 3 is 2.79 bits per heavy atom. The quantitative estimate of drug-likeness (QED) is 0.745. The summed E-state index contributed by atoms with van der Waals surface area (Å²) in [5, 5.41) is 0.